The van der Waals surface area contributed by atoms with Gasteiger partial charge in [-0.1, -0.05) is 0 Å². The van der Waals surface area contributed by atoms with E-state index in [1.54, 1.807) is 0 Å². The number of aromatic nitrogens is 1. The summed E-state index contributed by atoms with van der Waals surface area (Å²) < 4.78 is 3.65. The first-order valence-electron chi connectivity index (χ1n) is 7.28. The summed E-state index contributed by atoms with van der Waals surface area (Å²) >= 11 is 5.99. The summed E-state index contributed by atoms with van der Waals surface area (Å²) in [4.78, 5) is 0. The molecule has 0 bridgehead atoms. The monoisotopic (exact) mass is 368 g/mol. The van der Waals surface area contributed by atoms with Crippen molar-refractivity contribution in [1.29, 1.82) is 0 Å². The van der Waals surface area contributed by atoms with Gasteiger partial charge in [0.05, 0.1) is 0 Å². The van der Waals surface area contributed by atoms with Gasteiger partial charge < -0.3 is 0 Å². The quantitative estimate of drug-likeness (QED) is 0.484. The van der Waals surface area contributed by atoms with Crippen molar-refractivity contribution in [3.8, 4) is 11.8 Å². The molecule has 0 saturated carbocycles. The molecule has 0 saturated heterocycles. The van der Waals surface area contributed by atoms with Gasteiger partial charge in [0, 0.05) is 0 Å². The van der Waals surface area contributed by atoms with E-state index < -0.39 is 0 Å². The number of para-hydroxylation sites is 1. The summed E-state index contributed by atoms with van der Waals surface area (Å²) in [6.45, 7) is 3.11. The van der Waals surface area contributed by atoms with Crippen LogP contribution in [0.1, 0.15) is 12.6 Å². The molecule has 3 heteroatoms. The molecule has 0 fully saturated rings. The molecule has 0 N–H and O–H groups in total. The van der Waals surface area contributed by atoms with Gasteiger partial charge in [0.15, 0.2) is 0 Å². The van der Waals surface area contributed by atoms with Crippen molar-refractivity contribution < 1.29 is 0 Å². The average molecular weight is 369 g/mol. The molecule has 2 aromatic carbocycles. The summed E-state index contributed by atoms with van der Waals surface area (Å²) in [7, 11) is 0. The molecule has 3 rings (SSSR count). The fourth-order valence-electron chi connectivity index (χ4n) is 2.46. The average Bonchev–Trinajstić information content (AvgIpc) is 2.90. The second-order valence-corrected chi connectivity index (χ2v) is 7.77. The summed E-state index contributed by atoms with van der Waals surface area (Å²) in [5.41, 5.74) is 2.38. The van der Waals surface area contributed by atoms with Gasteiger partial charge in [-0.3, -0.25) is 0 Å². The number of benzene rings is 2. The van der Waals surface area contributed by atoms with Crippen LogP contribution in [0.2, 0.25) is 10.2 Å². The molecule has 1 heterocycles. The third-order valence-corrected chi connectivity index (χ3v) is 5.82. The van der Waals surface area contributed by atoms with Crippen LogP contribution in [0.3, 0.4) is 0 Å². The van der Waals surface area contributed by atoms with Crippen LogP contribution in [-0.4, -0.2) is 20.3 Å². The molecule has 1 radical (unpaired) electrons. The fraction of sp³-hybridized carbons (Fsp3) is 0.158. The van der Waals surface area contributed by atoms with E-state index in [1.807, 2.05) is 12.1 Å². The Kier molecular flexibility index (Phi) is 4.93. The minimum atomic E-state index is 0.0860. The normalized spacial score (nSPS) is 11.0. The maximum atomic E-state index is 5.90. The molecule has 0 spiro atoms. The first-order valence-corrected chi connectivity index (χ1v) is 9.92. The van der Waals surface area contributed by atoms with Crippen molar-refractivity contribution in [2.45, 2.75) is 18.7 Å². The van der Waals surface area contributed by atoms with E-state index in [-0.39, 0.29) is 15.8 Å². The second kappa shape index (κ2) is 7.10. The number of rotatable bonds is 3. The summed E-state index contributed by atoms with van der Waals surface area (Å²) in [6, 6.07) is 18.8. The zero-order chi connectivity index (χ0) is 15.4. The Labute approximate surface area is 143 Å². The first-order chi connectivity index (χ1) is 10.8. The summed E-state index contributed by atoms with van der Waals surface area (Å²) in [5.74, 6) is 6.68. The van der Waals surface area contributed by atoms with Crippen LogP contribution in [-0.2, 0) is 6.54 Å². The Hall–Kier alpha value is -1.61. The van der Waals surface area contributed by atoms with E-state index in [1.165, 1.54) is 15.3 Å². The van der Waals surface area contributed by atoms with Crippen molar-refractivity contribution in [3.63, 3.8) is 0 Å². The first kappa shape index (κ1) is 15.3. The Balaban J connectivity index is 1.75. The summed E-state index contributed by atoms with van der Waals surface area (Å²) in [6.07, 6.45) is 0. The predicted molar refractivity (Wildman–Crippen MR) is 96.1 cm³/mol. The SMILES string of the molecule is CCn1c(C#CC[As]c2ccc(Cl)cc2)cc2ccccc21. The van der Waals surface area contributed by atoms with Crippen LogP contribution < -0.4 is 4.35 Å². The van der Waals surface area contributed by atoms with Gasteiger partial charge in [-0.2, -0.15) is 0 Å². The number of hydrogen-bond acceptors (Lipinski definition) is 0. The van der Waals surface area contributed by atoms with Crippen molar-refractivity contribution in [2.24, 2.45) is 0 Å². The molecule has 0 aliphatic heterocycles. The van der Waals surface area contributed by atoms with E-state index in [0.717, 1.165) is 22.5 Å². The summed E-state index contributed by atoms with van der Waals surface area (Å²) in [5, 5.41) is 3.01. The van der Waals surface area contributed by atoms with Gasteiger partial charge in [-0.15, -0.1) is 0 Å². The molecular formula is C19H16AsClN. The Morgan fingerprint density at radius 3 is 2.64 bits per heavy atom. The molecule has 0 atom stereocenters. The molecule has 0 amide bonds. The number of halogens is 1. The fourth-order valence-corrected chi connectivity index (χ4v) is 4.06. The van der Waals surface area contributed by atoms with Crippen molar-refractivity contribution in [3.05, 3.63) is 65.3 Å². The molecule has 1 nitrogen and oxygen atoms in total. The third-order valence-electron chi connectivity index (χ3n) is 3.51. The van der Waals surface area contributed by atoms with E-state index >= 15 is 0 Å². The Morgan fingerprint density at radius 1 is 1.09 bits per heavy atom. The van der Waals surface area contributed by atoms with Crippen LogP contribution in [0.25, 0.3) is 10.9 Å². The van der Waals surface area contributed by atoms with Crippen LogP contribution in [0, 0.1) is 11.8 Å². The van der Waals surface area contributed by atoms with Gasteiger partial charge in [0.25, 0.3) is 0 Å². The molecule has 109 valence electrons. The molecule has 0 aliphatic rings. The van der Waals surface area contributed by atoms with Crippen molar-refractivity contribution >= 4 is 42.6 Å². The molecule has 0 aliphatic carbocycles. The van der Waals surface area contributed by atoms with Crippen LogP contribution in [0.5, 0.6) is 0 Å². The Morgan fingerprint density at radius 2 is 1.86 bits per heavy atom. The standard InChI is InChI=1S/C19H16AsClN/c1-2-22-18(14-15-6-3-4-8-19(15)22)7-5-13-20-16-9-11-17(21)12-10-16/h3-4,6,8-12,14H,2,13H2,1H3. The van der Waals surface area contributed by atoms with Crippen LogP contribution >= 0.6 is 11.6 Å². The van der Waals surface area contributed by atoms with Crippen LogP contribution in [0.4, 0.5) is 0 Å². The van der Waals surface area contributed by atoms with Crippen molar-refractivity contribution in [2.75, 3.05) is 0 Å². The number of nitrogens with zero attached hydrogens (tertiary/aromatic N) is 1. The number of fused-ring (bicyclic) bond motifs is 1. The zero-order valence-corrected chi connectivity index (χ0v) is 15.0. The molecule has 3 aromatic rings. The third kappa shape index (κ3) is 3.41. The number of aryl methyl sites for hydroxylation is 1. The molecule has 1 aromatic heterocycles. The maximum absolute atomic E-state index is 5.90. The minimum absolute atomic E-state index is 0.0860. The van der Waals surface area contributed by atoms with Crippen LogP contribution in [0.15, 0.2) is 54.6 Å². The van der Waals surface area contributed by atoms with Gasteiger partial charge in [0.1, 0.15) is 0 Å². The van der Waals surface area contributed by atoms with Crippen molar-refractivity contribution in [1.82, 2.24) is 4.57 Å². The van der Waals surface area contributed by atoms with Gasteiger partial charge >= 0.3 is 143 Å². The van der Waals surface area contributed by atoms with Gasteiger partial charge in [-0.25, -0.2) is 0 Å². The molecule has 22 heavy (non-hydrogen) atoms. The van der Waals surface area contributed by atoms with E-state index in [4.69, 9.17) is 11.6 Å². The van der Waals surface area contributed by atoms with E-state index in [0.29, 0.717) is 0 Å². The predicted octanol–water partition coefficient (Wildman–Crippen LogP) is 4.11. The Bertz CT molecular complexity index is 837. The van der Waals surface area contributed by atoms with Gasteiger partial charge in [-0.05, 0) is 0 Å². The second-order valence-electron chi connectivity index (χ2n) is 4.93. The van der Waals surface area contributed by atoms with Gasteiger partial charge in [0.2, 0.25) is 0 Å². The van der Waals surface area contributed by atoms with E-state index in [9.17, 15) is 0 Å². The molecule has 0 unspecified atom stereocenters. The number of hydrogen-bond donors (Lipinski definition) is 0. The zero-order valence-electron chi connectivity index (χ0n) is 12.4. The van der Waals surface area contributed by atoms with E-state index in [2.05, 4.69) is 65.8 Å². The molecular weight excluding hydrogens is 353 g/mol. The topological polar surface area (TPSA) is 4.93 Å².